The molecule has 0 aliphatic carbocycles. The molecule has 1 aromatic carbocycles. The molecule has 114 valence electrons. The smallest absolute Gasteiger partial charge is 0.0794 e. The Morgan fingerprint density at radius 3 is 2.48 bits per heavy atom. The molecule has 2 rings (SSSR count). The van der Waals surface area contributed by atoms with Gasteiger partial charge in [0.15, 0.2) is 0 Å². The predicted octanol–water partition coefficient (Wildman–Crippen LogP) is 3.88. The van der Waals surface area contributed by atoms with E-state index in [0.29, 0.717) is 12.1 Å². The average Bonchev–Trinajstić information content (AvgIpc) is 3.06. The molecule has 0 fully saturated rings. The molecule has 4 heteroatoms. The third kappa shape index (κ3) is 4.37. The van der Waals surface area contributed by atoms with Gasteiger partial charge < -0.3 is 5.32 Å². The van der Waals surface area contributed by atoms with E-state index in [1.54, 1.807) is 11.3 Å². The third-order valence-corrected chi connectivity index (χ3v) is 4.89. The van der Waals surface area contributed by atoms with Crippen LogP contribution in [-0.2, 0) is 0 Å². The van der Waals surface area contributed by atoms with Crippen molar-refractivity contribution in [3.63, 3.8) is 0 Å². The van der Waals surface area contributed by atoms with E-state index >= 15 is 0 Å². The summed E-state index contributed by atoms with van der Waals surface area (Å²) < 4.78 is 0. The highest BCUT2D eigenvalue weighted by molar-refractivity contribution is 7.09. The number of nitrogens with zero attached hydrogens (tertiary/aromatic N) is 2. The lowest BCUT2D eigenvalue weighted by atomic mass is 10.0. The summed E-state index contributed by atoms with van der Waals surface area (Å²) in [6.07, 6.45) is 1.96. The van der Waals surface area contributed by atoms with Gasteiger partial charge in [0.25, 0.3) is 0 Å². The lowest BCUT2D eigenvalue weighted by Crippen LogP contribution is -2.36. The lowest BCUT2D eigenvalue weighted by molar-refractivity contribution is 0.209. The Labute approximate surface area is 132 Å². The van der Waals surface area contributed by atoms with Gasteiger partial charge in [0.05, 0.1) is 5.51 Å². The van der Waals surface area contributed by atoms with Crippen molar-refractivity contribution in [2.75, 3.05) is 19.6 Å². The molecule has 2 unspecified atom stereocenters. The van der Waals surface area contributed by atoms with E-state index in [2.05, 4.69) is 66.3 Å². The Hall–Kier alpha value is -1.23. The first-order valence-corrected chi connectivity index (χ1v) is 8.55. The highest BCUT2D eigenvalue weighted by Gasteiger charge is 2.18. The number of hydrogen-bond donors (Lipinski definition) is 1. The Kier molecular flexibility index (Phi) is 6.36. The number of hydrogen-bond acceptors (Lipinski definition) is 4. The molecule has 0 saturated heterocycles. The highest BCUT2D eigenvalue weighted by atomic mass is 32.1. The van der Waals surface area contributed by atoms with Crippen LogP contribution < -0.4 is 5.32 Å². The van der Waals surface area contributed by atoms with Crippen LogP contribution in [0.4, 0.5) is 0 Å². The van der Waals surface area contributed by atoms with E-state index < -0.39 is 0 Å². The summed E-state index contributed by atoms with van der Waals surface area (Å²) in [6, 6.07) is 11.5. The minimum Gasteiger partial charge on any atom is -0.308 e. The first kappa shape index (κ1) is 16.1. The van der Waals surface area contributed by atoms with Crippen LogP contribution in [-0.4, -0.2) is 29.5 Å². The molecular formula is C17H25N3S. The number of nitrogens with one attached hydrogen (secondary N) is 1. The number of aromatic nitrogens is 1. The fraction of sp³-hybridized carbons (Fsp3) is 0.471. The van der Waals surface area contributed by atoms with E-state index in [0.717, 1.165) is 19.6 Å². The Bertz CT molecular complexity index is 494. The van der Waals surface area contributed by atoms with Gasteiger partial charge in [-0.3, -0.25) is 9.88 Å². The van der Waals surface area contributed by atoms with Gasteiger partial charge in [-0.1, -0.05) is 44.2 Å². The lowest BCUT2D eigenvalue weighted by Gasteiger charge is -2.31. The summed E-state index contributed by atoms with van der Waals surface area (Å²) in [5.74, 6) is 0. The molecule has 0 aliphatic rings. The minimum atomic E-state index is 0.347. The van der Waals surface area contributed by atoms with E-state index in [9.17, 15) is 0 Å². The summed E-state index contributed by atoms with van der Waals surface area (Å²) in [5, 5.41) is 3.66. The van der Waals surface area contributed by atoms with Crippen molar-refractivity contribution >= 4 is 11.3 Å². The molecular weight excluding hydrogens is 278 g/mol. The molecule has 2 atom stereocenters. The summed E-state index contributed by atoms with van der Waals surface area (Å²) in [6.45, 7) is 9.74. The molecule has 21 heavy (non-hydrogen) atoms. The molecule has 0 aliphatic heterocycles. The predicted molar refractivity (Wildman–Crippen MR) is 90.6 cm³/mol. The monoisotopic (exact) mass is 303 g/mol. The zero-order valence-corrected chi connectivity index (χ0v) is 13.9. The first-order chi connectivity index (χ1) is 10.3. The van der Waals surface area contributed by atoms with Gasteiger partial charge in [0, 0.05) is 29.7 Å². The van der Waals surface area contributed by atoms with Gasteiger partial charge in [-0.25, -0.2) is 0 Å². The maximum atomic E-state index is 4.16. The summed E-state index contributed by atoms with van der Waals surface area (Å²) in [7, 11) is 0. The Morgan fingerprint density at radius 2 is 1.90 bits per heavy atom. The van der Waals surface area contributed by atoms with Crippen LogP contribution in [0.15, 0.2) is 42.0 Å². The van der Waals surface area contributed by atoms with Crippen LogP contribution in [0.5, 0.6) is 0 Å². The van der Waals surface area contributed by atoms with Crippen LogP contribution >= 0.6 is 11.3 Å². The maximum absolute atomic E-state index is 4.16. The average molecular weight is 303 g/mol. The van der Waals surface area contributed by atoms with Crippen LogP contribution in [0, 0.1) is 0 Å². The van der Waals surface area contributed by atoms with Crippen molar-refractivity contribution in [2.24, 2.45) is 0 Å². The molecule has 1 aromatic heterocycles. The van der Waals surface area contributed by atoms with Crippen molar-refractivity contribution in [1.29, 1.82) is 0 Å². The van der Waals surface area contributed by atoms with Gasteiger partial charge in [0.1, 0.15) is 0 Å². The largest absolute Gasteiger partial charge is 0.308 e. The summed E-state index contributed by atoms with van der Waals surface area (Å²) in [5.41, 5.74) is 3.28. The highest BCUT2D eigenvalue weighted by Crippen LogP contribution is 2.22. The number of benzene rings is 1. The molecule has 0 saturated carbocycles. The quantitative estimate of drug-likeness (QED) is 0.802. The standard InChI is InChI=1S/C17H25N3S/c1-4-20(5-2)16(15-9-7-6-8-10-15)11-19-14(3)17-12-18-13-21-17/h6-10,12-14,16,19H,4-5,11H2,1-3H3. The van der Waals surface area contributed by atoms with E-state index in [4.69, 9.17) is 0 Å². The van der Waals surface area contributed by atoms with Gasteiger partial charge in [0.2, 0.25) is 0 Å². The fourth-order valence-corrected chi connectivity index (χ4v) is 3.28. The molecule has 3 nitrogen and oxygen atoms in total. The minimum absolute atomic E-state index is 0.347. The molecule has 0 spiro atoms. The van der Waals surface area contributed by atoms with Crippen molar-refractivity contribution in [3.05, 3.63) is 52.5 Å². The third-order valence-electron chi connectivity index (χ3n) is 3.93. The van der Waals surface area contributed by atoms with Crippen LogP contribution in [0.2, 0.25) is 0 Å². The molecule has 1 heterocycles. The van der Waals surface area contributed by atoms with Crippen LogP contribution in [0.1, 0.15) is 43.3 Å². The second kappa shape index (κ2) is 8.27. The van der Waals surface area contributed by atoms with E-state index in [-0.39, 0.29) is 0 Å². The molecule has 1 N–H and O–H groups in total. The SMILES string of the molecule is CCN(CC)C(CNC(C)c1cncs1)c1ccccc1. The van der Waals surface area contributed by atoms with Crippen LogP contribution in [0.25, 0.3) is 0 Å². The van der Waals surface area contributed by atoms with Crippen molar-refractivity contribution in [3.8, 4) is 0 Å². The first-order valence-electron chi connectivity index (χ1n) is 7.67. The van der Waals surface area contributed by atoms with E-state index in [1.807, 2.05) is 11.7 Å². The Balaban J connectivity index is 2.06. The zero-order valence-electron chi connectivity index (χ0n) is 13.1. The fourth-order valence-electron chi connectivity index (χ4n) is 2.63. The number of thiazole rings is 1. The Morgan fingerprint density at radius 1 is 1.19 bits per heavy atom. The van der Waals surface area contributed by atoms with Crippen molar-refractivity contribution < 1.29 is 0 Å². The van der Waals surface area contributed by atoms with Gasteiger partial charge >= 0.3 is 0 Å². The normalized spacial score (nSPS) is 14.3. The number of rotatable bonds is 8. The second-order valence-electron chi connectivity index (χ2n) is 5.18. The molecule has 0 bridgehead atoms. The molecule has 0 amide bonds. The summed E-state index contributed by atoms with van der Waals surface area (Å²) >= 11 is 1.71. The zero-order chi connectivity index (χ0) is 15.1. The van der Waals surface area contributed by atoms with Crippen molar-refractivity contribution in [2.45, 2.75) is 32.9 Å². The van der Waals surface area contributed by atoms with E-state index in [1.165, 1.54) is 10.4 Å². The van der Waals surface area contributed by atoms with Gasteiger partial charge in [-0.05, 0) is 25.6 Å². The molecule has 2 aromatic rings. The summed E-state index contributed by atoms with van der Waals surface area (Å²) in [4.78, 5) is 7.96. The number of likely N-dealkylation sites (N-methyl/N-ethyl adjacent to an activating group) is 1. The maximum Gasteiger partial charge on any atom is 0.0794 e. The van der Waals surface area contributed by atoms with Gasteiger partial charge in [-0.2, -0.15) is 0 Å². The van der Waals surface area contributed by atoms with Crippen LogP contribution in [0.3, 0.4) is 0 Å². The second-order valence-corrected chi connectivity index (χ2v) is 6.10. The van der Waals surface area contributed by atoms with Crippen molar-refractivity contribution in [1.82, 2.24) is 15.2 Å². The topological polar surface area (TPSA) is 28.2 Å². The van der Waals surface area contributed by atoms with Gasteiger partial charge in [-0.15, -0.1) is 11.3 Å². The molecule has 0 radical (unpaired) electrons.